The maximum Gasteiger partial charge on any atom is 0.210 e. The standard InChI is InChI=1S/C8H7NO/c1-5-2-6-3-8(10)9-4-7(5)6/h3-4H,1-2H2,(H,9,10). The average Bonchev–Trinajstić information content (AvgIpc) is 1.86. The first kappa shape index (κ1) is 5.47. The molecule has 2 nitrogen and oxygen atoms in total. The second-order valence-corrected chi connectivity index (χ2v) is 2.48. The zero-order chi connectivity index (χ0) is 7.14. The van der Waals surface area contributed by atoms with Crippen molar-refractivity contribution in [3.05, 3.63) is 30.0 Å². The van der Waals surface area contributed by atoms with E-state index in [1.165, 1.54) is 0 Å². The Kier molecular flexibility index (Phi) is 0.873. The molecule has 1 heterocycles. The largest absolute Gasteiger partial charge is 0.493 e. The van der Waals surface area contributed by atoms with E-state index in [-0.39, 0.29) is 5.88 Å². The molecule has 0 saturated carbocycles. The van der Waals surface area contributed by atoms with Crippen molar-refractivity contribution in [2.75, 3.05) is 0 Å². The highest BCUT2D eigenvalue weighted by Gasteiger charge is 2.17. The summed E-state index contributed by atoms with van der Waals surface area (Å²) in [5.74, 6) is 0.103. The van der Waals surface area contributed by atoms with Gasteiger partial charge in [0, 0.05) is 12.3 Å². The lowest BCUT2D eigenvalue weighted by atomic mass is 9.86. The molecular weight excluding hydrogens is 126 g/mol. The summed E-state index contributed by atoms with van der Waals surface area (Å²) in [5, 5.41) is 8.92. The first-order chi connectivity index (χ1) is 4.77. The van der Waals surface area contributed by atoms with Crippen LogP contribution in [0.3, 0.4) is 0 Å². The Morgan fingerprint density at radius 3 is 3.00 bits per heavy atom. The number of rotatable bonds is 0. The molecule has 1 aliphatic rings. The normalized spacial score (nSPS) is 14.2. The molecule has 0 spiro atoms. The Balaban J connectivity index is 2.59. The molecule has 0 aliphatic heterocycles. The van der Waals surface area contributed by atoms with E-state index in [0.717, 1.165) is 23.1 Å². The van der Waals surface area contributed by atoms with Gasteiger partial charge >= 0.3 is 0 Å². The van der Waals surface area contributed by atoms with Crippen LogP contribution in [0.15, 0.2) is 18.8 Å². The minimum atomic E-state index is 0.103. The van der Waals surface area contributed by atoms with Gasteiger partial charge in [-0.15, -0.1) is 0 Å². The molecule has 1 N–H and O–H groups in total. The van der Waals surface area contributed by atoms with Gasteiger partial charge in [0.05, 0.1) is 0 Å². The lowest BCUT2D eigenvalue weighted by Gasteiger charge is -2.20. The van der Waals surface area contributed by atoms with Gasteiger partial charge in [-0.05, 0) is 23.1 Å². The van der Waals surface area contributed by atoms with E-state index >= 15 is 0 Å². The van der Waals surface area contributed by atoms with Crippen molar-refractivity contribution in [1.82, 2.24) is 4.98 Å². The molecule has 0 amide bonds. The van der Waals surface area contributed by atoms with Crippen molar-refractivity contribution in [2.45, 2.75) is 6.42 Å². The van der Waals surface area contributed by atoms with Gasteiger partial charge in [0.15, 0.2) is 0 Å². The molecule has 0 fully saturated rings. The molecule has 2 rings (SSSR count). The monoisotopic (exact) mass is 133 g/mol. The van der Waals surface area contributed by atoms with Gasteiger partial charge in [-0.3, -0.25) is 0 Å². The summed E-state index contributed by atoms with van der Waals surface area (Å²) in [5.41, 5.74) is 3.36. The Morgan fingerprint density at radius 1 is 1.60 bits per heavy atom. The number of fused-ring (bicyclic) bond motifs is 1. The van der Waals surface area contributed by atoms with E-state index in [4.69, 9.17) is 5.11 Å². The maximum atomic E-state index is 8.92. The predicted octanol–water partition coefficient (Wildman–Crippen LogP) is 1.36. The van der Waals surface area contributed by atoms with Gasteiger partial charge in [0.1, 0.15) is 0 Å². The quantitative estimate of drug-likeness (QED) is 0.579. The summed E-state index contributed by atoms with van der Waals surface area (Å²) >= 11 is 0. The zero-order valence-electron chi connectivity index (χ0n) is 5.46. The average molecular weight is 133 g/mol. The summed E-state index contributed by atoms with van der Waals surface area (Å²) in [6.45, 7) is 3.81. The molecule has 2 heteroatoms. The second kappa shape index (κ2) is 1.59. The van der Waals surface area contributed by atoms with Crippen molar-refractivity contribution in [3.63, 3.8) is 0 Å². The Morgan fingerprint density at radius 2 is 2.40 bits per heavy atom. The van der Waals surface area contributed by atoms with Crippen LogP contribution in [0.1, 0.15) is 11.1 Å². The number of hydrogen-bond donors (Lipinski definition) is 1. The van der Waals surface area contributed by atoms with E-state index in [0.29, 0.717) is 0 Å². The van der Waals surface area contributed by atoms with E-state index in [1.807, 2.05) is 0 Å². The first-order valence-electron chi connectivity index (χ1n) is 3.13. The van der Waals surface area contributed by atoms with Crippen molar-refractivity contribution in [1.29, 1.82) is 0 Å². The van der Waals surface area contributed by atoms with E-state index < -0.39 is 0 Å². The van der Waals surface area contributed by atoms with Crippen LogP contribution in [0.4, 0.5) is 0 Å². The van der Waals surface area contributed by atoms with Crippen LogP contribution in [-0.2, 0) is 6.42 Å². The predicted molar refractivity (Wildman–Crippen MR) is 38.6 cm³/mol. The third-order valence-electron chi connectivity index (χ3n) is 1.76. The van der Waals surface area contributed by atoms with Gasteiger partial charge < -0.3 is 5.11 Å². The van der Waals surface area contributed by atoms with E-state index in [1.54, 1.807) is 12.3 Å². The Hall–Kier alpha value is -1.31. The highest BCUT2D eigenvalue weighted by molar-refractivity contribution is 5.77. The molecular formula is C8H7NO. The van der Waals surface area contributed by atoms with Crippen LogP contribution < -0.4 is 0 Å². The van der Waals surface area contributed by atoms with Crippen LogP contribution in [0.25, 0.3) is 5.57 Å². The SMILES string of the molecule is C=C1Cc2cc(O)ncc21. The van der Waals surface area contributed by atoms with Crippen molar-refractivity contribution in [3.8, 4) is 5.88 Å². The fourth-order valence-corrected chi connectivity index (χ4v) is 1.17. The van der Waals surface area contributed by atoms with E-state index in [2.05, 4.69) is 11.6 Å². The van der Waals surface area contributed by atoms with Gasteiger partial charge in [0.2, 0.25) is 5.88 Å². The minimum Gasteiger partial charge on any atom is -0.493 e. The summed E-state index contributed by atoms with van der Waals surface area (Å²) in [4.78, 5) is 3.74. The number of pyridine rings is 1. The molecule has 1 aliphatic carbocycles. The second-order valence-electron chi connectivity index (χ2n) is 2.48. The summed E-state index contributed by atoms with van der Waals surface area (Å²) in [6, 6.07) is 1.68. The number of allylic oxidation sites excluding steroid dienone is 1. The van der Waals surface area contributed by atoms with Crippen LogP contribution in [0, 0.1) is 0 Å². The van der Waals surface area contributed by atoms with Gasteiger partial charge in [0.25, 0.3) is 0 Å². The number of hydrogen-bond acceptors (Lipinski definition) is 2. The van der Waals surface area contributed by atoms with Crippen LogP contribution in [-0.4, -0.2) is 10.1 Å². The maximum absolute atomic E-state index is 8.92. The number of nitrogens with zero attached hydrogens (tertiary/aromatic N) is 1. The smallest absolute Gasteiger partial charge is 0.210 e. The highest BCUT2D eigenvalue weighted by Crippen LogP contribution is 2.33. The van der Waals surface area contributed by atoms with Crippen molar-refractivity contribution >= 4 is 5.57 Å². The zero-order valence-corrected chi connectivity index (χ0v) is 5.46. The fraction of sp³-hybridized carbons (Fsp3) is 0.125. The van der Waals surface area contributed by atoms with Crippen molar-refractivity contribution < 1.29 is 5.11 Å². The van der Waals surface area contributed by atoms with Gasteiger partial charge in [-0.2, -0.15) is 0 Å². The molecule has 0 saturated heterocycles. The molecule has 0 radical (unpaired) electrons. The van der Waals surface area contributed by atoms with E-state index in [9.17, 15) is 0 Å². The van der Waals surface area contributed by atoms with Crippen LogP contribution >= 0.6 is 0 Å². The molecule has 50 valence electrons. The van der Waals surface area contributed by atoms with Gasteiger partial charge in [-0.25, -0.2) is 4.98 Å². The molecule has 0 unspecified atom stereocenters. The Bertz CT molecular complexity index is 304. The number of aromatic hydroxyl groups is 1. The minimum absolute atomic E-state index is 0.103. The highest BCUT2D eigenvalue weighted by atomic mass is 16.3. The molecule has 10 heavy (non-hydrogen) atoms. The molecule has 1 aromatic rings. The topological polar surface area (TPSA) is 33.1 Å². The Labute approximate surface area is 58.8 Å². The molecule has 0 atom stereocenters. The van der Waals surface area contributed by atoms with Gasteiger partial charge in [-0.1, -0.05) is 6.58 Å². The van der Waals surface area contributed by atoms with Crippen LogP contribution in [0.5, 0.6) is 5.88 Å². The lowest BCUT2D eigenvalue weighted by molar-refractivity contribution is 0.452. The third kappa shape index (κ3) is 0.559. The summed E-state index contributed by atoms with van der Waals surface area (Å²) in [6.07, 6.45) is 2.56. The fourth-order valence-electron chi connectivity index (χ4n) is 1.17. The van der Waals surface area contributed by atoms with Crippen molar-refractivity contribution in [2.24, 2.45) is 0 Å². The molecule has 0 bridgehead atoms. The number of aromatic nitrogens is 1. The summed E-state index contributed by atoms with van der Waals surface area (Å²) < 4.78 is 0. The molecule has 0 aromatic carbocycles. The first-order valence-corrected chi connectivity index (χ1v) is 3.13. The van der Waals surface area contributed by atoms with Crippen LogP contribution in [0.2, 0.25) is 0 Å². The lowest BCUT2D eigenvalue weighted by Crippen LogP contribution is -2.05. The molecule has 1 aromatic heterocycles. The third-order valence-corrected chi connectivity index (χ3v) is 1.76. The summed E-state index contributed by atoms with van der Waals surface area (Å²) in [7, 11) is 0.